The van der Waals surface area contributed by atoms with Gasteiger partial charge in [-0.3, -0.25) is 9.59 Å². The predicted molar refractivity (Wildman–Crippen MR) is 125 cm³/mol. The molecule has 35 heavy (non-hydrogen) atoms. The number of hydrogen-bond acceptors (Lipinski definition) is 3. The standard InChI is InChI=1S/C27H25F3N2O3/c1-26(25(34)31-16-19-6-5-8-22(14-19)35-2)15-20-7-3-4-9-23(20)24(33)32(26)17-18-10-12-21(13-11-18)27(28,29)30/h3-14H,15-17H2,1-2H3,(H,31,34). The highest BCUT2D eigenvalue weighted by molar-refractivity contribution is 6.02. The van der Waals surface area contributed by atoms with E-state index in [4.69, 9.17) is 4.74 Å². The van der Waals surface area contributed by atoms with Crippen molar-refractivity contribution in [3.8, 4) is 5.75 Å². The molecular formula is C27H25F3N2O3. The van der Waals surface area contributed by atoms with Gasteiger partial charge in [0.15, 0.2) is 0 Å². The lowest BCUT2D eigenvalue weighted by atomic mass is 9.82. The number of rotatable bonds is 6. The van der Waals surface area contributed by atoms with Crippen LogP contribution in [0.15, 0.2) is 72.8 Å². The number of ether oxygens (including phenoxy) is 1. The number of methoxy groups -OCH3 is 1. The number of nitrogens with zero attached hydrogens (tertiary/aromatic N) is 1. The smallest absolute Gasteiger partial charge is 0.416 e. The van der Waals surface area contributed by atoms with Crippen molar-refractivity contribution < 1.29 is 27.5 Å². The van der Waals surface area contributed by atoms with E-state index in [1.165, 1.54) is 17.0 Å². The van der Waals surface area contributed by atoms with Crippen LogP contribution in [0, 0.1) is 0 Å². The van der Waals surface area contributed by atoms with Crippen molar-refractivity contribution in [2.45, 2.75) is 38.1 Å². The highest BCUT2D eigenvalue weighted by Gasteiger charge is 2.46. The molecule has 1 unspecified atom stereocenters. The Labute approximate surface area is 201 Å². The lowest BCUT2D eigenvalue weighted by Crippen LogP contribution is -2.62. The first-order chi connectivity index (χ1) is 16.6. The molecule has 0 saturated heterocycles. The van der Waals surface area contributed by atoms with Crippen molar-refractivity contribution in [3.63, 3.8) is 0 Å². The second-order valence-electron chi connectivity index (χ2n) is 8.73. The molecule has 3 aromatic carbocycles. The Morgan fingerprint density at radius 1 is 1.03 bits per heavy atom. The summed E-state index contributed by atoms with van der Waals surface area (Å²) < 4.78 is 44.2. The van der Waals surface area contributed by atoms with Crippen LogP contribution in [-0.4, -0.2) is 29.4 Å². The monoisotopic (exact) mass is 482 g/mol. The van der Waals surface area contributed by atoms with Gasteiger partial charge in [-0.2, -0.15) is 13.2 Å². The largest absolute Gasteiger partial charge is 0.497 e. The SMILES string of the molecule is COc1cccc(CNC(=O)C2(C)Cc3ccccc3C(=O)N2Cc2ccc(C(F)(F)F)cc2)c1. The molecule has 1 atom stereocenters. The minimum atomic E-state index is -4.45. The minimum absolute atomic E-state index is 0.00557. The van der Waals surface area contributed by atoms with Crippen LogP contribution in [0.3, 0.4) is 0 Å². The summed E-state index contributed by atoms with van der Waals surface area (Å²) in [6, 6.07) is 19.0. The van der Waals surface area contributed by atoms with E-state index in [0.29, 0.717) is 16.9 Å². The third-order valence-corrected chi connectivity index (χ3v) is 6.32. The summed E-state index contributed by atoms with van der Waals surface area (Å²) in [7, 11) is 1.56. The van der Waals surface area contributed by atoms with Gasteiger partial charge in [-0.15, -0.1) is 0 Å². The zero-order chi connectivity index (χ0) is 25.2. The van der Waals surface area contributed by atoms with Gasteiger partial charge in [0.2, 0.25) is 5.91 Å². The zero-order valence-corrected chi connectivity index (χ0v) is 19.4. The molecule has 8 heteroatoms. The molecular weight excluding hydrogens is 457 g/mol. The average Bonchev–Trinajstić information content (AvgIpc) is 2.85. The molecule has 0 aromatic heterocycles. The number of carbonyl (C=O) groups excluding carboxylic acids is 2. The van der Waals surface area contributed by atoms with Gasteiger partial charge in [0.05, 0.1) is 12.7 Å². The van der Waals surface area contributed by atoms with E-state index in [-0.39, 0.29) is 31.3 Å². The first-order valence-corrected chi connectivity index (χ1v) is 11.1. The minimum Gasteiger partial charge on any atom is -0.497 e. The van der Waals surface area contributed by atoms with Gasteiger partial charge in [-0.05, 0) is 53.9 Å². The van der Waals surface area contributed by atoms with Crippen molar-refractivity contribution in [2.75, 3.05) is 7.11 Å². The Morgan fingerprint density at radius 3 is 2.43 bits per heavy atom. The molecule has 1 heterocycles. The highest BCUT2D eigenvalue weighted by atomic mass is 19.4. The maximum absolute atomic E-state index is 13.5. The van der Waals surface area contributed by atoms with Gasteiger partial charge in [0.25, 0.3) is 5.91 Å². The molecule has 0 saturated carbocycles. The number of carbonyl (C=O) groups is 2. The van der Waals surface area contributed by atoms with Crippen LogP contribution in [0.2, 0.25) is 0 Å². The van der Waals surface area contributed by atoms with Crippen LogP contribution in [0.4, 0.5) is 13.2 Å². The summed E-state index contributed by atoms with van der Waals surface area (Å²) in [5.41, 5.74) is 0.552. The molecule has 0 fully saturated rings. The van der Waals surface area contributed by atoms with Crippen LogP contribution in [0.5, 0.6) is 5.75 Å². The first kappa shape index (κ1) is 24.3. The van der Waals surface area contributed by atoms with E-state index in [9.17, 15) is 22.8 Å². The number of benzene rings is 3. The van der Waals surface area contributed by atoms with Gasteiger partial charge in [-0.25, -0.2) is 0 Å². The maximum Gasteiger partial charge on any atom is 0.416 e. The summed E-state index contributed by atoms with van der Waals surface area (Å²) in [4.78, 5) is 28.4. The first-order valence-electron chi connectivity index (χ1n) is 11.1. The number of fused-ring (bicyclic) bond motifs is 1. The van der Waals surface area contributed by atoms with Gasteiger partial charge in [-0.1, -0.05) is 42.5 Å². The van der Waals surface area contributed by atoms with Crippen molar-refractivity contribution in [2.24, 2.45) is 0 Å². The average molecular weight is 483 g/mol. The van der Waals surface area contributed by atoms with Crippen LogP contribution in [-0.2, 0) is 30.5 Å². The molecule has 1 aliphatic rings. The Morgan fingerprint density at radius 2 is 1.74 bits per heavy atom. The fourth-order valence-corrected chi connectivity index (χ4v) is 4.30. The molecule has 3 aromatic rings. The molecule has 1 aliphatic heterocycles. The van der Waals surface area contributed by atoms with Gasteiger partial charge >= 0.3 is 6.18 Å². The topological polar surface area (TPSA) is 58.6 Å². The van der Waals surface area contributed by atoms with Gasteiger partial charge in [0.1, 0.15) is 11.3 Å². The van der Waals surface area contributed by atoms with E-state index < -0.39 is 17.3 Å². The lowest BCUT2D eigenvalue weighted by molar-refractivity contribution is -0.137. The van der Waals surface area contributed by atoms with E-state index in [0.717, 1.165) is 23.3 Å². The summed E-state index contributed by atoms with van der Waals surface area (Å²) >= 11 is 0. The predicted octanol–water partition coefficient (Wildman–Crippen LogP) is 4.99. The van der Waals surface area contributed by atoms with Gasteiger partial charge < -0.3 is 15.0 Å². The van der Waals surface area contributed by atoms with Gasteiger partial charge in [0, 0.05) is 25.1 Å². The van der Waals surface area contributed by atoms with E-state index in [1.54, 1.807) is 32.2 Å². The van der Waals surface area contributed by atoms with E-state index >= 15 is 0 Å². The van der Waals surface area contributed by atoms with Crippen molar-refractivity contribution >= 4 is 11.8 Å². The fraction of sp³-hybridized carbons (Fsp3) is 0.259. The third kappa shape index (κ3) is 5.01. The molecule has 1 N–H and O–H groups in total. The Kier molecular flexibility index (Phi) is 6.56. The normalized spacial score (nSPS) is 17.6. The van der Waals surface area contributed by atoms with Crippen molar-refractivity contribution in [1.82, 2.24) is 10.2 Å². The molecule has 5 nitrogen and oxygen atoms in total. The summed E-state index contributed by atoms with van der Waals surface area (Å²) in [6.07, 6.45) is -4.17. The van der Waals surface area contributed by atoms with Crippen molar-refractivity contribution in [3.05, 3.63) is 101 Å². The Hall–Kier alpha value is -3.81. The van der Waals surface area contributed by atoms with Crippen LogP contribution < -0.4 is 10.1 Å². The van der Waals surface area contributed by atoms with Crippen LogP contribution >= 0.6 is 0 Å². The molecule has 0 bridgehead atoms. The lowest BCUT2D eigenvalue weighted by Gasteiger charge is -2.44. The molecule has 182 valence electrons. The molecule has 4 rings (SSSR count). The number of halogens is 3. The Balaban J connectivity index is 1.62. The summed E-state index contributed by atoms with van der Waals surface area (Å²) in [5.74, 6) is -0.0328. The quantitative estimate of drug-likeness (QED) is 0.539. The summed E-state index contributed by atoms with van der Waals surface area (Å²) in [6.45, 7) is 1.91. The highest BCUT2D eigenvalue weighted by Crippen LogP contribution is 2.34. The zero-order valence-electron chi connectivity index (χ0n) is 19.4. The number of alkyl halides is 3. The molecule has 2 amide bonds. The molecule has 0 radical (unpaired) electrons. The summed E-state index contributed by atoms with van der Waals surface area (Å²) in [5, 5.41) is 2.92. The Bertz CT molecular complexity index is 1240. The van der Waals surface area contributed by atoms with E-state index in [2.05, 4.69) is 5.32 Å². The van der Waals surface area contributed by atoms with E-state index in [1.807, 2.05) is 30.3 Å². The molecule has 0 aliphatic carbocycles. The third-order valence-electron chi connectivity index (χ3n) is 6.32. The molecule has 0 spiro atoms. The second kappa shape index (κ2) is 9.44. The maximum atomic E-state index is 13.5. The number of nitrogens with one attached hydrogen (secondary N) is 1. The number of hydrogen-bond donors (Lipinski definition) is 1. The second-order valence-corrected chi connectivity index (χ2v) is 8.73. The fourth-order valence-electron chi connectivity index (χ4n) is 4.30. The van der Waals surface area contributed by atoms with Crippen LogP contribution in [0.1, 0.15) is 39.5 Å². The van der Waals surface area contributed by atoms with Crippen LogP contribution in [0.25, 0.3) is 0 Å². The number of amides is 2. The van der Waals surface area contributed by atoms with Crippen molar-refractivity contribution in [1.29, 1.82) is 0 Å².